The normalized spacial score (nSPS) is 20.9. The van der Waals surface area contributed by atoms with Gasteiger partial charge in [0.2, 0.25) is 5.91 Å². The molecule has 2 heterocycles. The summed E-state index contributed by atoms with van der Waals surface area (Å²) in [6.45, 7) is 5.38. The molecule has 2 aromatic rings. The molecule has 1 saturated heterocycles. The van der Waals surface area contributed by atoms with E-state index >= 15 is 0 Å². The van der Waals surface area contributed by atoms with E-state index in [1.165, 1.54) is 5.56 Å². The Morgan fingerprint density at radius 1 is 1.31 bits per heavy atom. The molecule has 1 unspecified atom stereocenters. The summed E-state index contributed by atoms with van der Waals surface area (Å²) in [5, 5.41) is 20.0. The summed E-state index contributed by atoms with van der Waals surface area (Å²) < 4.78 is 10.5. The molecule has 8 nitrogen and oxygen atoms in total. The number of nitrogens with one attached hydrogen (secondary N) is 1. The quantitative estimate of drug-likeness (QED) is 0.790. The topological polar surface area (TPSA) is 101 Å². The van der Waals surface area contributed by atoms with Crippen LogP contribution in [0.15, 0.2) is 28.9 Å². The highest BCUT2D eigenvalue weighted by Gasteiger charge is 2.37. The lowest BCUT2D eigenvalue weighted by atomic mass is 9.92. The maximum atomic E-state index is 12.3. The Bertz CT molecular complexity index is 746. The Labute approximate surface area is 152 Å². The second-order valence-corrected chi connectivity index (χ2v) is 6.81. The van der Waals surface area contributed by atoms with Gasteiger partial charge in [-0.25, -0.2) is 4.63 Å². The number of anilines is 1. The first kappa shape index (κ1) is 18.5. The molecule has 1 aromatic carbocycles. The molecule has 1 aliphatic rings. The van der Waals surface area contributed by atoms with Gasteiger partial charge in [0, 0.05) is 19.5 Å². The molecule has 26 heavy (non-hydrogen) atoms. The summed E-state index contributed by atoms with van der Waals surface area (Å²) in [5.41, 5.74) is 2.11. The smallest absolute Gasteiger partial charge is 0.239 e. The van der Waals surface area contributed by atoms with E-state index in [4.69, 9.17) is 4.74 Å². The van der Waals surface area contributed by atoms with Crippen molar-refractivity contribution >= 4 is 11.7 Å². The fourth-order valence-electron chi connectivity index (χ4n) is 3.11. The van der Waals surface area contributed by atoms with Crippen molar-refractivity contribution in [3.8, 4) is 0 Å². The number of aliphatic hydroxyl groups is 1. The van der Waals surface area contributed by atoms with Gasteiger partial charge in [-0.05, 0) is 24.6 Å². The zero-order valence-electron chi connectivity index (χ0n) is 15.1. The van der Waals surface area contributed by atoms with Gasteiger partial charge < -0.3 is 15.2 Å². The van der Waals surface area contributed by atoms with Gasteiger partial charge in [-0.15, -0.1) is 0 Å². The van der Waals surface area contributed by atoms with Crippen molar-refractivity contribution in [1.29, 1.82) is 0 Å². The van der Waals surface area contributed by atoms with Crippen molar-refractivity contribution in [3.05, 3.63) is 41.1 Å². The fourth-order valence-corrected chi connectivity index (χ4v) is 3.11. The Kier molecular flexibility index (Phi) is 5.65. The van der Waals surface area contributed by atoms with Gasteiger partial charge in [-0.3, -0.25) is 9.69 Å². The zero-order chi connectivity index (χ0) is 18.6. The Morgan fingerprint density at radius 3 is 2.73 bits per heavy atom. The van der Waals surface area contributed by atoms with Gasteiger partial charge in [0.05, 0.1) is 19.8 Å². The predicted octanol–water partition coefficient (Wildman–Crippen LogP) is 0.931. The number of hydrogen-bond donors (Lipinski definition) is 2. The number of amides is 1. The van der Waals surface area contributed by atoms with Crippen LogP contribution in [0.1, 0.15) is 16.8 Å². The fraction of sp³-hybridized carbons (Fsp3) is 0.500. The Hall–Kier alpha value is -2.29. The Morgan fingerprint density at radius 2 is 2.08 bits per heavy atom. The summed E-state index contributed by atoms with van der Waals surface area (Å²) in [6.07, 6.45) is 0.591. The lowest BCUT2D eigenvalue weighted by molar-refractivity contribution is -0.138. The summed E-state index contributed by atoms with van der Waals surface area (Å²) in [4.78, 5) is 14.2. The van der Waals surface area contributed by atoms with Gasteiger partial charge in [0.25, 0.3) is 0 Å². The van der Waals surface area contributed by atoms with Gasteiger partial charge in [-0.2, -0.15) is 0 Å². The van der Waals surface area contributed by atoms with Crippen LogP contribution in [0.4, 0.5) is 5.82 Å². The average molecular weight is 360 g/mol. The van der Waals surface area contributed by atoms with E-state index in [0.717, 1.165) is 5.56 Å². The lowest BCUT2D eigenvalue weighted by Gasteiger charge is -2.41. The van der Waals surface area contributed by atoms with Gasteiger partial charge in [0.15, 0.2) is 5.82 Å². The molecule has 8 heteroatoms. The number of aromatic nitrogens is 2. The molecule has 2 N–H and O–H groups in total. The molecule has 0 saturated carbocycles. The highest BCUT2D eigenvalue weighted by Crippen LogP contribution is 2.23. The number of rotatable bonds is 6. The van der Waals surface area contributed by atoms with Crippen molar-refractivity contribution < 1.29 is 19.3 Å². The number of aryl methyl sites for hydroxylation is 2. The van der Waals surface area contributed by atoms with Crippen molar-refractivity contribution in [2.75, 3.05) is 38.2 Å². The van der Waals surface area contributed by atoms with Crippen molar-refractivity contribution in [2.45, 2.75) is 25.9 Å². The lowest BCUT2D eigenvalue weighted by Crippen LogP contribution is -2.56. The van der Waals surface area contributed by atoms with Crippen LogP contribution in [0.5, 0.6) is 0 Å². The minimum atomic E-state index is -0.709. The number of nitrogens with zero attached hydrogens (tertiary/aromatic N) is 3. The van der Waals surface area contributed by atoms with Crippen LogP contribution in [0, 0.1) is 13.8 Å². The molecule has 1 aromatic heterocycles. The third-order valence-electron chi connectivity index (χ3n) is 4.54. The first-order chi connectivity index (χ1) is 12.5. The molecule has 1 aliphatic heterocycles. The molecule has 0 radical (unpaired) electrons. The van der Waals surface area contributed by atoms with Gasteiger partial charge >= 0.3 is 0 Å². The molecule has 0 bridgehead atoms. The first-order valence-electron chi connectivity index (χ1n) is 8.61. The second-order valence-electron chi connectivity index (χ2n) is 6.81. The van der Waals surface area contributed by atoms with Crippen LogP contribution >= 0.6 is 0 Å². The van der Waals surface area contributed by atoms with Crippen LogP contribution in [0.3, 0.4) is 0 Å². The number of carbonyl (C=O) groups excluding carboxylic acids is 1. The monoisotopic (exact) mass is 360 g/mol. The van der Waals surface area contributed by atoms with Gasteiger partial charge in [0.1, 0.15) is 11.3 Å². The van der Waals surface area contributed by atoms with Crippen molar-refractivity contribution in [1.82, 2.24) is 15.2 Å². The molecular weight excluding hydrogens is 336 g/mol. The third kappa shape index (κ3) is 4.46. The average Bonchev–Trinajstić information content (AvgIpc) is 3.02. The van der Waals surface area contributed by atoms with Crippen molar-refractivity contribution in [2.24, 2.45) is 0 Å². The number of hydrogen-bond acceptors (Lipinski definition) is 7. The Balaban J connectivity index is 1.62. The van der Waals surface area contributed by atoms with E-state index in [9.17, 15) is 9.90 Å². The van der Waals surface area contributed by atoms with Gasteiger partial charge in [-0.1, -0.05) is 35.0 Å². The number of carbonyl (C=O) groups is 1. The molecule has 1 amide bonds. The minimum absolute atomic E-state index is 0.106. The third-order valence-corrected chi connectivity index (χ3v) is 4.54. The summed E-state index contributed by atoms with van der Waals surface area (Å²) in [7, 11) is 0. The van der Waals surface area contributed by atoms with Crippen LogP contribution in [-0.2, 0) is 16.0 Å². The van der Waals surface area contributed by atoms with Crippen LogP contribution in [-0.4, -0.2) is 64.7 Å². The molecule has 0 spiro atoms. The molecular formula is C18H24N4O4. The van der Waals surface area contributed by atoms with E-state index in [1.54, 1.807) is 6.92 Å². The second kappa shape index (κ2) is 7.94. The number of morpholine rings is 1. The van der Waals surface area contributed by atoms with Crippen LogP contribution in [0.2, 0.25) is 0 Å². The van der Waals surface area contributed by atoms with E-state index < -0.39 is 5.60 Å². The van der Waals surface area contributed by atoms with Crippen molar-refractivity contribution in [3.63, 3.8) is 0 Å². The highest BCUT2D eigenvalue weighted by molar-refractivity contribution is 5.91. The van der Waals surface area contributed by atoms with E-state index in [1.807, 2.05) is 36.1 Å². The molecule has 1 atom stereocenters. The highest BCUT2D eigenvalue weighted by atomic mass is 16.6. The molecule has 3 rings (SSSR count). The van der Waals surface area contributed by atoms with Crippen LogP contribution < -0.4 is 5.32 Å². The largest absolute Gasteiger partial charge is 0.393 e. The van der Waals surface area contributed by atoms with E-state index in [-0.39, 0.29) is 19.1 Å². The summed E-state index contributed by atoms with van der Waals surface area (Å²) >= 11 is 0. The number of benzene rings is 1. The SMILES string of the molecule is Cc1ccc(CC2(CO)CN(CC(=O)Nc3nonc3C)CCO2)cc1. The van der Waals surface area contributed by atoms with Crippen LogP contribution in [0.25, 0.3) is 0 Å². The number of ether oxygens (including phenoxy) is 1. The summed E-state index contributed by atoms with van der Waals surface area (Å²) in [5.74, 6) is 0.129. The zero-order valence-corrected chi connectivity index (χ0v) is 15.1. The minimum Gasteiger partial charge on any atom is -0.393 e. The first-order valence-corrected chi connectivity index (χ1v) is 8.61. The predicted molar refractivity (Wildman–Crippen MR) is 94.8 cm³/mol. The molecule has 140 valence electrons. The number of aliphatic hydroxyl groups excluding tert-OH is 1. The van der Waals surface area contributed by atoms with E-state index in [2.05, 4.69) is 20.3 Å². The standard InChI is InChI=1S/C18H24N4O4/c1-13-3-5-15(6-4-13)9-18(12-23)11-22(7-8-25-18)10-16(24)19-17-14(2)20-26-21-17/h3-6,23H,7-12H2,1-2H3,(H,19,21,24). The maximum Gasteiger partial charge on any atom is 0.239 e. The molecule has 0 aliphatic carbocycles. The molecule has 1 fully saturated rings. The maximum absolute atomic E-state index is 12.3. The van der Waals surface area contributed by atoms with E-state index in [0.29, 0.717) is 37.6 Å². The summed E-state index contributed by atoms with van der Waals surface area (Å²) in [6, 6.07) is 8.18.